The smallest absolute Gasteiger partial charge is 0.0707 e. The first kappa shape index (κ1) is 9.01. The average molecular weight is 157 g/mol. The Bertz CT molecular complexity index is 116. The van der Waals surface area contributed by atoms with Crippen molar-refractivity contribution in [2.24, 2.45) is 5.92 Å². The third-order valence-electron chi connectivity index (χ3n) is 2.52. The lowest BCUT2D eigenvalue weighted by Crippen LogP contribution is -2.17. The van der Waals surface area contributed by atoms with E-state index in [1.807, 2.05) is 0 Å². The SMILES string of the molecule is CCCC[C@H]1CN(C)C[C@@H]1O. The van der Waals surface area contributed by atoms with Crippen LogP contribution in [-0.2, 0) is 0 Å². The summed E-state index contributed by atoms with van der Waals surface area (Å²) in [4.78, 5) is 2.21. The molecule has 0 aromatic heterocycles. The summed E-state index contributed by atoms with van der Waals surface area (Å²) in [7, 11) is 2.08. The first-order valence-electron chi connectivity index (χ1n) is 4.60. The van der Waals surface area contributed by atoms with Crippen molar-refractivity contribution in [1.29, 1.82) is 0 Å². The van der Waals surface area contributed by atoms with Crippen LogP contribution >= 0.6 is 0 Å². The van der Waals surface area contributed by atoms with Crippen LogP contribution in [0.5, 0.6) is 0 Å². The zero-order valence-corrected chi connectivity index (χ0v) is 7.58. The molecule has 1 aliphatic heterocycles. The number of β-amino-alcohol motifs (C(OH)–C–C–N with tert-alkyl or cyclic N) is 1. The van der Waals surface area contributed by atoms with E-state index < -0.39 is 0 Å². The molecule has 1 N–H and O–H groups in total. The van der Waals surface area contributed by atoms with E-state index in [0.717, 1.165) is 13.1 Å². The van der Waals surface area contributed by atoms with Gasteiger partial charge in [0, 0.05) is 13.1 Å². The Balaban J connectivity index is 2.23. The summed E-state index contributed by atoms with van der Waals surface area (Å²) in [6, 6.07) is 0. The fourth-order valence-corrected chi connectivity index (χ4v) is 1.81. The number of hydrogen-bond acceptors (Lipinski definition) is 2. The maximum Gasteiger partial charge on any atom is 0.0707 e. The Labute approximate surface area is 69.2 Å². The monoisotopic (exact) mass is 157 g/mol. The molecule has 1 aliphatic rings. The highest BCUT2D eigenvalue weighted by atomic mass is 16.3. The lowest BCUT2D eigenvalue weighted by atomic mass is 9.99. The van der Waals surface area contributed by atoms with E-state index >= 15 is 0 Å². The zero-order chi connectivity index (χ0) is 8.27. The normalized spacial score (nSPS) is 33.0. The molecule has 2 heteroatoms. The number of nitrogens with zero attached hydrogens (tertiary/aromatic N) is 1. The van der Waals surface area contributed by atoms with Crippen LogP contribution in [0, 0.1) is 5.92 Å². The van der Waals surface area contributed by atoms with Crippen LogP contribution in [0.15, 0.2) is 0 Å². The van der Waals surface area contributed by atoms with E-state index in [0.29, 0.717) is 5.92 Å². The number of likely N-dealkylation sites (N-methyl/N-ethyl adjacent to an activating group) is 1. The van der Waals surface area contributed by atoms with Gasteiger partial charge < -0.3 is 10.0 Å². The van der Waals surface area contributed by atoms with Gasteiger partial charge in [0.25, 0.3) is 0 Å². The van der Waals surface area contributed by atoms with E-state index in [9.17, 15) is 5.11 Å². The number of aliphatic hydroxyl groups excluding tert-OH is 1. The molecule has 0 bridgehead atoms. The van der Waals surface area contributed by atoms with Gasteiger partial charge in [-0.1, -0.05) is 19.8 Å². The van der Waals surface area contributed by atoms with Crippen LogP contribution in [0.25, 0.3) is 0 Å². The van der Waals surface area contributed by atoms with E-state index in [1.165, 1.54) is 19.3 Å². The van der Waals surface area contributed by atoms with Crippen molar-refractivity contribution in [3.05, 3.63) is 0 Å². The summed E-state index contributed by atoms with van der Waals surface area (Å²) in [5, 5.41) is 9.54. The van der Waals surface area contributed by atoms with Gasteiger partial charge in [0.2, 0.25) is 0 Å². The molecule has 0 amide bonds. The van der Waals surface area contributed by atoms with E-state index in [-0.39, 0.29) is 6.10 Å². The van der Waals surface area contributed by atoms with Crippen LogP contribution in [0.1, 0.15) is 26.2 Å². The Morgan fingerprint density at radius 3 is 2.64 bits per heavy atom. The summed E-state index contributed by atoms with van der Waals surface area (Å²) in [6.45, 7) is 4.15. The van der Waals surface area contributed by atoms with Gasteiger partial charge in [0.15, 0.2) is 0 Å². The second kappa shape index (κ2) is 4.07. The third kappa shape index (κ3) is 2.46. The van der Waals surface area contributed by atoms with Gasteiger partial charge in [-0.2, -0.15) is 0 Å². The first-order valence-corrected chi connectivity index (χ1v) is 4.60. The van der Waals surface area contributed by atoms with Gasteiger partial charge in [-0.3, -0.25) is 0 Å². The van der Waals surface area contributed by atoms with Gasteiger partial charge in [-0.05, 0) is 19.4 Å². The molecule has 0 radical (unpaired) electrons. The minimum absolute atomic E-state index is 0.0634. The Hall–Kier alpha value is -0.0800. The molecule has 0 aromatic carbocycles. The summed E-state index contributed by atoms with van der Waals surface area (Å²) < 4.78 is 0. The zero-order valence-electron chi connectivity index (χ0n) is 7.58. The lowest BCUT2D eigenvalue weighted by Gasteiger charge is -2.11. The van der Waals surface area contributed by atoms with Crippen LogP contribution in [0.3, 0.4) is 0 Å². The molecule has 1 rings (SSSR count). The van der Waals surface area contributed by atoms with Gasteiger partial charge >= 0.3 is 0 Å². The van der Waals surface area contributed by atoms with Crippen molar-refractivity contribution >= 4 is 0 Å². The highest BCUT2D eigenvalue weighted by Gasteiger charge is 2.27. The summed E-state index contributed by atoms with van der Waals surface area (Å²) in [6.07, 6.45) is 3.64. The van der Waals surface area contributed by atoms with Crippen LogP contribution in [0.4, 0.5) is 0 Å². The molecular weight excluding hydrogens is 138 g/mol. The molecule has 66 valence electrons. The molecule has 0 unspecified atom stereocenters. The molecule has 1 saturated heterocycles. The van der Waals surface area contributed by atoms with Gasteiger partial charge in [0.05, 0.1) is 6.10 Å². The van der Waals surface area contributed by atoms with Gasteiger partial charge in [-0.15, -0.1) is 0 Å². The Morgan fingerprint density at radius 2 is 2.18 bits per heavy atom. The topological polar surface area (TPSA) is 23.5 Å². The Kier molecular flexibility index (Phi) is 3.34. The lowest BCUT2D eigenvalue weighted by molar-refractivity contribution is 0.138. The number of rotatable bonds is 3. The predicted molar refractivity (Wildman–Crippen MR) is 46.5 cm³/mol. The molecular formula is C9H19NO. The molecule has 0 saturated carbocycles. The largest absolute Gasteiger partial charge is 0.391 e. The standard InChI is InChI=1S/C9H19NO/c1-3-4-5-8-6-10(2)7-9(8)11/h8-9,11H,3-7H2,1-2H3/t8-,9-/m0/s1. The van der Waals surface area contributed by atoms with E-state index in [4.69, 9.17) is 0 Å². The molecule has 0 aliphatic carbocycles. The predicted octanol–water partition coefficient (Wildman–Crippen LogP) is 1.10. The molecule has 2 nitrogen and oxygen atoms in total. The van der Waals surface area contributed by atoms with Crippen molar-refractivity contribution in [3.63, 3.8) is 0 Å². The highest BCUT2D eigenvalue weighted by Crippen LogP contribution is 2.20. The van der Waals surface area contributed by atoms with Crippen LogP contribution < -0.4 is 0 Å². The number of hydrogen-bond donors (Lipinski definition) is 1. The van der Waals surface area contributed by atoms with Crippen molar-refractivity contribution in [2.45, 2.75) is 32.3 Å². The molecule has 0 spiro atoms. The van der Waals surface area contributed by atoms with Crippen molar-refractivity contribution < 1.29 is 5.11 Å². The maximum atomic E-state index is 9.54. The Morgan fingerprint density at radius 1 is 1.45 bits per heavy atom. The average Bonchev–Trinajstić information content (AvgIpc) is 2.26. The van der Waals surface area contributed by atoms with Crippen LogP contribution in [0.2, 0.25) is 0 Å². The minimum Gasteiger partial charge on any atom is -0.391 e. The fraction of sp³-hybridized carbons (Fsp3) is 1.00. The van der Waals surface area contributed by atoms with E-state index in [1.54, 1.807) is 0 Å². The summed E-state index contributed by atoms with van der Waals surface area (Å²) >= 11 is 0. The van der Waals surface area contributed by atoms with Crippen molar-refractivity contribution in [3.8, 4) is 0 Å². The molecule has 0 aromatic rings. The van der Waals surface area contributed by atoms with Crippen LogP contribution in [-0.4, -0.2) is 36.2 Å². The van der Waals surface area contributed by atoms with Gasteiger partial charge in [0.1, 0.15) is 0 Å². The molecule has 11 heavy (non-hydrogen) atoms. The van der Waals surface area contributed by atoms with Gasteiger partial charge in [-0.25, -0.2) is 0 Å². The van der Waals surface area contributed by atoms with Crippen molar-refractivity contribution in [1.82, 2.24) is 4.90 Å². The second-order valence-corrected chi connectivity index (χ2v) is 3.69. The summed E-state index contributed by atoms with van der Waals surface area (Å²) in [5.74, 6) is 0.542. The summed E-state index contributed by atoms with van der Waals surface area (Å²) in [5.41, 5.74) is 0. The second-order valence-electron chi connectivity index (χ2n) is 3.69. The molecule has 1 fully saturated rings. The van der Waals surface area contributed by atoms with E-state index in [2.05, 4.69) is 18.9 Å². The third-order valence-corrected chi connectivity index (χ3v) is 2.52. The fourth-order valence-electron chi connectivity index (χ4n) is 1.81. The van der Waals surface area contributed by atoms with Crippen molar-refractivity contribution in [2.75, 3.05) is 20.1 Å². The minimum atomic E-state index is -0.0634. The maximum absolute atomic E-state index is 9.54. The number of likely N-dealkylation sites (tertiary alicyclic amines) is 1. The first-order chi connectivity index (χ1) is 5.24. The number of aliphatic hydroxyl groups is 1. The number of unbranched alkanes of at least 4 members (excludes halogenated alkanes) is 1. The molecule has 2 atom stereocenters. The quantitative estimate of drug-likeness (QED) is 0.663. The molecule has 1 heterocycles. The highest BCUT2D eigenvalue weighted by molar-refractivity contribution is 4.81.